The number of carbonyl (C=O) groups is 2. The Bertz CT molecular complexity index is 1130. The number of esters is 1. The second-order valence-electron chi connectivity index (χ2n) is 12.6. The molecule has 2 aliphatic rings. The lowest BCUT2D eigenvalue weighted by molar-refractivity contribution is -0.150. The lowest BCUT2D eigenvalue weighted by atomic mass is 9.63. The van der Waals surface area contributed by atoms with Gasteiger partial charge in [-0.1, -0.05) is 33.3 Å². The fourth-order valence-electron chi connectivity index (χ4n) is 6.23. The number of aromatic amines is 1. The number of imidazole rings is 1. The monoisotopic (exact) mass is 513 g/mol. The zero-order valence-corrected chi connectivity index (χ0v) is 23.4. The van der Waals surface area contributed by atoms with Crippen molar-refractivity contribution in [2.75, 3.05) is 19.8 Å². The van der Waals surface area contributed by atoms with Crippen molar-refractivity contribution >= 4 is 23.1 Å². The van der Waals surface area contributed by atoms with E-state index < -0.39 is 17.1 Å². The lowest BCUT2D eigenvalue weighted by Gasteiger charge is -2.45. The first-order valence-corrected chi connectivity index (χ1v) is 13.6. The minimum Gasteiger partial charge on any atom is -0.465 e. The Kier molecular flexibility index (Phi) is 7.62. The Hall–Kier alpha value is -2.61. The third-order valence-corrected chi connectivity index (χ3v) is 7.96. The van der Waals surface area contributed by atoms with Crippen LogP contribution in [0.2, 0.25) is 0 Å². The van der Waals surface area contributed by atoms with Crippen molar-refractivity contribution in [3.05, 3.63) is 29.6 Å². The molecule has 0 spiro atoms. The molecule has 2 aromatic rings. The molecule has 4 atom stereocenters. The highest BCUT2D eigenvalue weighted by atomic mass is 16.6. The van der Waals surface area contributed by atoms with Crippen molar-refractivity contribution in [2.24, 2.45) is 17.3 Å². The number of amides is 1. The standard InChI is InChI=1S/C29H43N3O5/c1-8-36-25(33)29(13-14-35-17-29)19-10-12-21-22(15-19)31-24(30-21)23(32-26(34)37-27(3,4)5)20-11-9-18(2)16-28(20,6)7/h10,12,15,18,20,23H,8-9,11,13-14,16-17H2,1-7H3,(H,30,31)(H,32,34). The molecule has 0 radical (unpaired) electrons. The van der Waals surface area contributed by atoms with Crippen molar-refractivity contribution in [3.63, 3.8) is 0 Å². The van der Waals surface area contributed by atoms with Gasteiger partial charge in [-0.2, -0.15) is 0 Å². The van der Waals surface area contributed by atoms with Crippen LogP contribution < -0.4 is 5.32 Å². The molecule has 1 aliphatic carbocycles. The van der Waals surface area contributed by atoms with Crippen molar-refractivity contribution in [1.29, 1.82) is 0 Å². The quantitative estimate of drug-likeness (QED) is 0.473. The van der Waals surface area contributed by atoms with Crippen LogP contribution in [0, 0.1) is 17.3 Å². The first-order chi connectivity index (χ1) is 17.3. The number of ether oxygens (including phenoxy) is 3. The fourth-order valence-corrected chi connectivity index (χ4v) is 6.23. The number of alkyl carbamates (subject to hydrolysis) is 1. The Morgan fingerprint density at radius 3 is 2.65 bits per heavy atom. The van der Waals surface area contributed by atoms with Gasteiger partial charge < -0.3 is 24.5 Å². The van der Waals surface area contributed by atoms with E-state index in [0.29, 0.717) is 38.0 Å². The third-order valence-electron chi connectivity index (χ3n) is 7.96. The van der Waals surface area contributed by atoms with Crippen molar-refractivity contribution in [2.45, 2.75) is 91.2 Å². The Morgan fingerprint density at radius 1 is 1.27 bits per heavy atom. The van der Waals surface area contributed by atoms with Crippen molar-refractivity contribution in [3.8, 4) is 0 Å². The maximum Gasteiger partial charge on any atom is 0.408 e. The first-order valence-electron chi connectivity index (χ1n) is 13.6. The molecule has 2 fully saturated rings. The van der Waals surface area contributed by atoms with E-state index in [9.17, 15) is 9.59 Å². The van der Waals surface area contributed by atoms with Crippen LogP contribution in [-0.4, -0.2) is 47.5 Å². The van der Waals surface area contributed by atoms with Gasteiger partial charge in [0.2, 0.25) is 0 Å². The van der Waals surface area contributed by atoms with Gasteiger partial charge in [-0.25, -0.2) is 9.78 Å². The van der Waals surface area contributed by atoms with Crippen LogP contribution in [-0.2, 0) is 24.4 Å². The number of H-pyrrole nitrogens is 1. The predicted octanol–water partition coefficient (Wildman–Crippen LogP) is 5.81. The molecule has 1 amide bonds. The topological polar surface area (TPSA) is 103 Å². The second-order valence-corrected chi connectivity index (χ2v) is 12.6. The van der Waals surface area contributed by atoms with Gasteiger partial charge in [0.05, 0.1) is 30.3 Å². The maximum atomic E-state index is 13.0. The van der Waals surface area contributed by atoms with E-state index in [2.05, 4.69) is 31.1 Å². The Balaban J connectivity index is 1.71. The number of aromatic nitrogens is 2. The van der Waals surface area contributed by atoms with E-state index in [-0.39, 0.29) is 23.3 Å². The average Bonchev–Trinajstić information content (AvgIpc) is 3.44. The summed E-state index contributed by atoms with van der Waals surface area (Å²) in [6.45, 7) is 15.4. The summed E-state index contributed by atoms with van der Waals surface area (Å²) in [7, 11) is 0. The minimum absolute atomic E-state index is 0.0106. The number of carbonyl (C=O) groups excluding carboxylic acids is 2. The van der Waals surface area contributed by atoms with Gasteiger partial charge in [0.1, 0.15) is 16.8 Å². The molecule has 0 bridgehead atoms. The minimum atomic E-state index is -0.820. The highest BCUT2D eigenvalue weighted by Gasteiger charge is 2.46. The molecule has 8 nitrogen and oxygen atoms in total. The summed E-state index contributed by atoms with van der Waals surface area (Å²) >= 11 is 0. The molecule has 4 rings (SSSR count). The molecule has 1 saturated heterocycles. The van der Waals surface area contributed by atoms with E-state index in [1.54, 1.807) is 0 Å². The van der Waals surface area contributed by atoms with Crippen LogP contribution >= 0.6 is 0 Å². The van der Waals surface area contributed by atoms with Crippen LogP contribution in [0.3, 0.4) is 0 Å². The number of fused-ring (bicyclic) bond motifs is 1. The number of nitrogens with zero attached hydrogens (tertiary/aromatic N) is 1. The highest BCUT2D eigenvalue weighted by molar-refractivity contribution is 5.86. The molecule has 8 heteroatoms. The van der Waals surface area contributed by atoms with E-state index in [1.165, 1.54) is 0 Å². The Morgan fingerprint density at radius 2 is 2.03 bits per heavy atom. The summed E-state index contributed by atoms with van der Waals surface area (Å²) in [6.07, 6.45) is 3.30. The maximum absolute atomic E-state index is 13.0. The van der Waals surface area contributed by atoms with E-state index >= 15 is 0 Å². The molecule has 1 saturated carbocycles. The summed E-state index contributed by atoms with van der Waals surface area (Å²) < 4.78 is 16.7. The molecule has 4 unspecified atom stereocenters. The molecule has 2 N–H and O–H groups in total. The van der Waals surface area contributed by atoms with Gasteiger partial charge in [0, 0.05) is 6.61 Å². The summed E-state index contributed by atoms with van der Waals surface area (Å²) in [4.78, 5) is 34.3. The molecular weight excluding hydrogens is 470 g/mol. The SMILES string of the molecule is CCOC(=O)C1(c2ccc3[nH]c(C(NC(=O)OC(C)(C)C)C4CCC(C)CC4(C)C)nc3c2)CCOC1. The second kappa shape index (κ2) is 10.3. The number of rotatable bonds is 6. The first kappa shape index (κ1) is 27.4. The normalized spacial score (nSPS) is 26.6. The molecule has 204 valence electrons. The van der Waals surface area contributed by atoms with Crippen LogP contribution in [0.25, 0.3) is 11.0 Å². The predicted molar refractivity (Wildman–Crippen MR) is 142 cm³/mol. The van der Waals surface area contributed by atoms with Gasteiger partial charge in [0.25, 0.3) is 0 Å². The van der Waals surface area contributed by atoms with E-state index in [4.69, 9.17) is 19.2 Å². The largest absolute Gasteiger partial charge is 0.465 e. The van der Waals surface area contributed by atoms with Crippen LogP contribution in [0.1, 0.15) is 91.6 Å². The molecule has 37 heavy (non-hydrogen) atoms. The number of hydrogen-bond donors (Lipinski definition) is 2. The summed E-state index contributed by atoms with van der Waals surface area (Å²) in [5.74, 6) is 1.27. The zero-order chi connectivity index (χ0) is 27.0. The van der Waals surface area contributed by atoms with E-state index in [0.717, 1.165) is 35.9 Å². The molecule has 1 aromatic heterocycles. The summed E-state index contributed by atoms with van der Waals surface area (Å²) in [5.41, 5.74) is 1.04. The third kappa shape index (κ3) is 5.79. The number of benzene rings is 1. The average molecular weight is 514 g/mol. The number of nitrogens with one attached hydrogen (secondary N) is 2. The molecule has 1 aliphatic heterocycles. The molecular formula is C29H43N3O5. The summed E-state index contributed by atoms with van der Waals surface area (Å²) in [5, 5.41) is 3.15. The highest BCUT2D eigenvalue weighted by Crippen LogP contribution is 2.48. The Labute approximate surface area is 220 Å². The zero-order valence-electron chi connectivity index (χ0n) is 23.4. The van der Waals surface area contributed by atoms with Crippen molar-refractivity contribution < 1.29 is 23.8 Å². The van der Waals surface area contributed by atoms with Crippen LogP contribution in [0.5, 0.6) is 0 Å². The molecule has 2 heterocycles. The molecule has 1 aromatic carbocycles. The van der Waals surface area contributed by atoms with Crippen molar-refractivity contribution in [1.82, 2.24) is 15.3 Å². The van der Waals surface area contributed by atoms with Gasteiger partial charge in [-0.05, 0) is 81.9 Å². The van der Waals surface area contributed by atoms with Gasteiger partial charge in [-0.3, -0.25) is 4.79 Å². The fraction of sp³-hybridized carbons (Fsp3) is 0.690. The van der Waals surface area contributed by atoms with Gasteiger partial charge in [-0.15, -0.1) is 0 Å². The van der Waals surface area contributed by atoms with E-state index in [1.807, 2.05) is 45.9 Å². The van der Waals surface area contributed by atoms with Crippen LogP contribution in [0.15, 0.2) is 18.2 Å². The van der Waals surface area contributed by atoms with Gasteiger partial charge in [0.15, 0.2) is 0 Å². The summed E-state index contributed by atoms with van der Waals surface area (Å²) in [6, 6.07) is 5.54. The van der Waals surface area contributed by atoms with Crippen LogP contribution in [0.4, 0.5) is 4.79 Å². The lowest BCUT2D eigenvalue weighted by Crippen LogP contribution is -2.44. The smallest absolute Gasteiger partial charge is 0.408 e. The van der Waals surface area contributed by atoms with Gasteiger partial charge >= 0.3 is 12.1 Å². The number of hydrogen-bond acceptors (Lipinski definition) is 6.